The zero-order valence-electron chi connectivity index (χ0n) is 11.9. The monoisotopic (exact) mass is 256 g/mol. The van der Waals surface area contributed by atoms with Crippen molar-refractivity contribution in [3.8, 4) is 0 Å². The Morgan fingerprint density at radius 1 is 1.16 bits per heavy atom. The van der Waals surface area contributed by atoms with Crippen LogP contribution in [0.25, 0.3) is 0 Å². The first-order chi connectivity index (χ1) is 9.11. The van der Waals surface area contributed by atoms with Gasteiger partial charge in [0.05, 0.1) is 0 Å². The fourth-order valence-electron chi connectivity index (χ4n) is 1.79. The molecule has 1 aromatic carbocycles. The molecule has 0 bridgehead atoms. The first-order valence-electron chi connectivity index (χ1n) is 6.45. The third-order valence-electron chi connectivity index (χ3n) is 3.15. The lowest BCUT2D eigenvalue weighted by Gasteiger charge is -2.18. The average molecular weight is 256 g/mol. The van der Waals surface area contributed by atoms with E-state index in [4.69, 9.17) is 0 Å². The number of aromatic nitrogens is 2. The third-order valence-corrected chi connectivity index (χ3v) is 3.15. The lowest BCUT2D eigenvalue weighted by atomic mass is 10.1. The molecule has 0 spiro atoms. The van der Waals surface area contributed by atoms with Gasteiger partial charge >= 0.3 is 0 Å². The van der Waals surface area contributed by atoms with Crippen molar-refractivity contribution in [1.82, 2.24) is 9.97 Å². The molecule has 0 saturated heterocycles. The Balaban J connectivity index is 2.25. The zero-order chi connectivity index (χ0) is 13.8. The first kappa shape index (κ1) is 13.3. The van der Waals surface area contributed by atoms with Gasteiger partial charge in [-0.15, -0.1) is 0 Å². The summed E-state index contributed by atoms with van der Waals surface area (Å²) in [6.07, 6.45) is 3.79. The van der Waals surface area contributed by atoms with Crippen LogP contribution in [-0.2, 0) is 0 Å². The summed E-state index contributed by atoms with van der Waals surface area (Å²) in [5.74, 6) is 1.16. The van der Waals surface area contributed by atoms with E-state index in [0.29, 0.717) is 11.9 Å². The molecule has 2 rings (SSSR count). The van der Waals surface area contributed by atoms with Gasteiger partial charge in [0, 0.05) is 37.9 Å². The molecule has 0 saturated carbocycles. The standard InChI is InChI=1S/C15H20N4/c1-11(2)12-9-17-15(18-10-12)19(4)14-7-5-6-13(8-14)16-3/h5-11,16H,1-4H3. The average Bonchev–Trinajstić information content (AvgIpc) is 2.46. The van der Waals surface area contributed by atoms with Crippen LogP contribution >= 0.6 is 0 Å². The molecular weight excluding hydrogens is 236 g/mol. The summed E-state index contributed by atoms with van der Waals surface area (Å²) in [7, 11) is 3.88. The Morgan fingerprint density at radius 2 is 1.84 bits per heavy atom. The Hall–Kier alpha value is -2.10. The van der Waals surface area contributed by atoms with Crippen molar-refractivity contribution in [3.05, 3.63) is 42.2 Å². The highest BCUT2D eigenvalue weighted by atomic mass is 15.2. The molecule has 0 amide bonds. The van der Waals surface area contributed by atoms with Crippen molar-refractivity contribution in [1.29, 1.82) is 0 Å². The second kappa shape index (κ2) is 5.69. The molecule has 1 aromatic heterocycles. The van der Waals surface area contributed by atoms with Gasteiger partial charge in [0.15, 0.2) is 0 Å². The van der Waals surface area contributed by atoms with Gasteiger partial charge in [0.25, 0.3) is 0 Å². The Bertz CT molecular complexity index is 534. The van der Waals surface area contributed by atoms with Gasteiger partial charge in [-0.1, -0.05) is 19.9 Å². The van der Waals surface area contributed by atoms with Crippen LogP contribution in [0, 0.1) is 0 Å². The minimum Gasteiger partial charge on any atom is -0.388 e. The quantitative estimate of drug-likeness (QED) is 0.910. The topological polar surface area (TPSA) is 41.0 Å². The third kappa shape index (κ3) is 3.02. The van der Waals surface area contributed by atoms with Crippen molar-refractivity contribution < 1.29 is 0 Å². The van der Waals surface area contributed by atoms with Crippen LogP contribution in [0.2, 0.25) is 0 Å². The van der Waals surface area contributed by atoms with Gasteiger partial charge in [-0.2, -0.15) is 0 Å². The van der Waals surface area contributed by atoms with E-state index in [0.717, 1.165) is 16.9 Å². The smallest absolute Gasteiger partial charge is 0.229 e. The molecule has 4 heteroatoms. The molecule has 100 valence electrons. The highest BCUT2D eigenvalue weighted by Gasteiger charge is 2.08. The van der Waals surface area contributed by atoms with Gasteiger partial charge in [-0.05, 0) is 29.7 Å². The number of hydrogen-bond donors (Lipinski definition) is 1. The molecular formula is C15H20N4. The molecule has 0 aliphatic rings. The number of benzene rings is 1. The van der Waals surface area contributed by atoms with E-state index >= 15 is 0 Å². The maximum Gasteiger partial charge on any atom is 0.229 e. The van der Waals surface area contributed by atoms with E-state index in [2.05, 4.69) is 35.2 Å². The summed E-state index contributed by atoms with van der Waals surface area (Å²) < 4.78 is 0. The fourth-order valence-corrected chi connectivity index (χ4v) is 1.79. The Labute approximate surface area is 114 Å². The molecule has 0 fully saturated rings. The maximum atomic E-state index is 4.43. The molecule has 0 aliphatic carbocycles. The highest BCUT2D eigenvalue weighted by Crippen LogP contribution is 2.23. The second-order valence-corrected chi connectivity index (χ2v) is 4.83. The zero-order valence-corrected chi connectivity index (χ0v) is 11.9. The molecule has 2 aromatic rings. The van der Waals surface area contributed by atoms with Gasteiger partial charge in [-0.3, -0.25) is 0 Å². The maximum absolute atomic E-state index is 4.43. The van der Waals surface area contributed by atoms with Crippen molar-refractivity contribution in [2.75, 3.05) is 24.3 Å². The van der Waals surface area contributed by atoms with Crippen molar-refractivity contribution in [3.63, 3.8) is 0 Å². The summed E-state index contributed by atoms with van der Waals surface area (Å²) in [5.41, 5.74) is 3.29. The normalized spacial score (nSPS) is 10.6. The summed E-state index contributed by atoms with van der Waals surface area (Å²) in [6, 6.07) is 8.15. The lowest BCUT2D eigenvalue weighted by molar-refractivity contribution is 0.842. The molecule has 1 heterocycles. The van der Waals surface area contributed by atoms with E-state index < -0.39 is 0 Å². The first-order valence-corrected chi connectivity index (χ1v) is 6.45. The van der Waals surface area contributed by atoms with Crippen LogP contribution in [0.1, 0.15) is 25.3 Å². The minimum atomic E-state index is 0.451. The highest BCUT2D eigenvalue weighted by molar-refractivity contribution is 5.62. The summed E-state index contributed by atoms with van der Waals surface area (Å²) in [6.45, 7) is 4.27. The summed E-state index contributed by atoms with van der Waals surface area (Å²) in [4.78, 5) is 10.8. The molecule has 1 N–H and O–H groups in total. The van der Waals surface area contributed by atoms with E-state index in [1.807, 2.05) is 49.6 Å². The van der Waals surface area contributed by atoms with Gasteiger partial charge in [0.1, 0.15) is 0 Å². The molecule has 4 nitrogen and oxygen atoms in total. The van der Waals surface area contributed by atoms with E-state index in [9.17, 15) is 0 Å². The second-order valence-electron chi connectivity index (χ2n) is 4.83. The number of anilines is 3. The van der Waals surface area contributed by atoms with E-state index in [1.54, 1.807) is 0 Å². The van der Waals surface area contributed by atoms with E-state index in [1.165, 1.54) is 0 Å². The van der Waals surface area contributed by atoms with Crippen LogP contribution in [0.5, 0.6) is 0 Å². The SMILES string of the molecule is CNc1cccc(N(C)c2ncc(C(C)C)cn2)c1. The molecule has 0 radical (unpaired) electrons. The largest absolute Gasteiger partial charge is 0.388 e. The van der Waals surface area contributed by atoms with Gasteiger partial charge < -0.3 is 10.2 Å². The molecule has 0 unspecified atom stereocenters. The van der Waals surface area contributed by atoms with Gasteiger partial charge in [-0.25, -0.2) is 9.97 Å². The Kier molecular flexibility index (Phi) is 4.00. The van der Waals surface area contributed by atoms with E-state index in [-0.39, 0.29) is 0 Å². The van der Waals surface area contributed by atoms with Crippen molar-refractivity contribution >= 4 is 17.3 Å². The van der Waals surface area contributed by atoms with Crippen molar-refractivity contribution in [2.24, 2.45) is 0 Å². The van der Waals surface area contributed by atoms with Crippen LogP contribution in [0.4, 0.5) is 17.3 Å². The number of rotatable bonds is 4. The Morgan fingerprint density at radius 3 is 2.42 bits per heavy atom. The van der Waals surface area contributed by atoms with Crippen LogP contribution in [0.15, 0.2) is 36.7 Å². The van der Waals surface area contributed by atoms with Crippen LogP contribution in [-0.4, -0.2) is 24.1 Å². The predicted octanol–water partition coefficient (Wildman–Crippen LogP) is 3.41. The lowest BCUT2D eigenvalue weighted by Crippen LogP contribution is -2.13. The molecule has 0 atom stereocenters. The molecule has 0 aliphatic heterocycles. The number of hydrogen-bond acceptors (Lipinski definition) is 4. The van der Waals surface area contributed by atoms with Crippen LogP contribution < -0.4 is 10.2 Å². The predicted molar refractivity (Wildman–Crippen MR) is 80.2 cm³/mol. The molecule has 19 heavy (non-hydrogen) atoms. The fraction of sp³-hybridized carbons (Fsp3) is 0.333. The summed E-state index contributed by atoms with van der Waals surface area (Å²) in [5, 5.41) is 3.13. The number of nitrogens with zero attached hydrogens (tertiary/aromatic N) is 3. The number of nitrogens with one attached hydrogen (secondary N) is 1. The van der Waals surface area contributed by atoms with Gasteiger partial charge in [0.2, 0.25) is 5.95 Å². The van der Waals surface area contributed by atoms with Crippen LogP contribution in [0.3, 0.4) is 0 Å². The van der Waals surface area contributed by atoms with Crippen molar-refractivity contribution in [2.45, 2.75) is 19.8 Å². The summed E-state index contributed by atoms with van der Waals surface area (Å²) >= 11 is 0. The minimum absolute atomic E-state index is 0.451.